The molecule has 4 atom stereocenters. The van der Waals surface area contributed by atoms with E-state index in [1.54, 1.807) is 52.9 Å². The molecule has 1 unspecified atom stereocenters. The Kier molecular flexibility index (Phi) is 17.2. The van der Waals surface area contributed by atoms with Crippen LogP contribution in [-0.4, -0.2) is 117 Å². The average molecular weight is 927 g/mol. The van der Waals surface area contributed by atoms with Gasteiger partial charge in [-0.1, -0.05) is 68.9 Å². The highest BCUT2D eigenvalue weighted by Gasteiger charge is 2.44. The number of hydrogen-bond donors (Lipinski definition) is 7. The molecule has 2 aromatic carbocycles. The summed E-state index contributed by atoms with van der Waals surface area (Å²) < 4.78 is 17.4. The van der Waals surface area contributed by atoms with Crippen LogP contribution < -0.4 is 27.7 Å². The number of nitrogens with two attached hydrogens (primary N) is 2. The Balaban J connectivity index is 0.905. The maximum Gasteiger partial charge on any atom is 0.246 e. The number of hydrazone groups is 1. The molecule has 4 aromatic rings. The number of rotatable bonds is 20. The monoisotopic (exact) mass is 926 g/mol. The first-order valence-electron chi connectivity index (χ1n) is 22.0. The first-order valence-corrected chi connectivity index (χ1v) is 22.9. The minimum absolute atomic E-state index is 0.0186. The van der Waals surface area contributed by atoms with E-state index in [1.165, 1.54) is 4.90 Å². The lowest BCUT2D eigenvalue weighted by Crippen LogP contribution is -2.58. The van der Waals surface area contributed by atoms with E-state index in [0.29, 0.717) is 54.9 Å². The summed E-state index contributed by atoms with van der Waals surface area (Å²) in [5.41, 5.74) is 14.3. The molecule has 19 heteroatoms. The number of likely N-dealkylation sites (tertiary alicyclic amines) is 2. The van der Waals surface area contributed by atoms with Crippen LogP contribution in [0.15, 0.2) is 88.7 Å². The summed E-state index contributed by atoms with van der Waals surface area (Å²) in [6.07, 6.45) is 6.38. The molecule has 4 heterocycles. The number of nitrogens with one attached hydrogen (secondary N) is 3. The smallest absolute Gasteiger partial charge is 0.246 e. The van der Waals surface area contributed by atoms with Crippen molar-refractivity contribution >= 4 is 51.4 Å². The van der Waals surface area contributed by atoms with Crippen molar-refractivity contribution in [3.8, 4) is 10.4 Å². The summed E-state index contributed by atoms with van der Waals surface area (Å²) >= 11 is 1.58. The Morgan fingerprint density at radius 3 is 2.55 bits per heavy atom. The molecule has 2 fully saturated rings. The number of ether oxygens (including phenoxy) is 2. The number of hydrogen-bond acceptors (Lipinski definition) is 15. The van der Waals surface area contributed by atoms with Crippen LogP contribution in [-0.2, 0) is 30.4 Å². The molecule has 2 aliphatic heterocycles. The van der Waals surface area contributed by atoms with Crippen molar-refractivity contribution in [2.75, 3.05) is 32.8 Å². The summed E-state index contributed by atoms with van der Waals surface area (Å²) in [5.74, 6) is 5.17. The van der Waals surface area contributed by atoms with Crippen LogP contribution >= 0.6 is 11.3 Å². The number of amides is 3. The molecule has 0 spiro atoms. The van der Waals surface area contributed by atoms with E-state index in [4.69, 9.17) is 25.6 Å². The molecular formula is C47H62N10O8S. The lowest BCUT2D eigenvalue weighted by molar-refractivity contribution is -0.143. The van der Waals surface area contributed by atoms with Gasteiger partial charge in [-0.25, -0.2) is 16.4 Å². The average Bonchev–Trinajstić information content (AvgIpc) is 4.04. The van der Waals surface area contributed by atoms with E-state index < -0.39 is 29.8 Å². The molecule has 2 aromatic heterocycles. The van der Waals surface area contributed by atoms with Crippen molar-refractivity contribution < 1.29 is 38.6 Å². The van der Waals surface area contributed by atoms with Crippen molar-refractivity contribution in [3.63, 3.8) is 0 Å². The molecule has 354 valence electrons. The van der Waals surface area contributed by atoms with E-state index in [9.17, 15) is 24.6 Å². The maximum atomic E-state index is 14.0. The van der Waals surface area contributed by atoms with Gasteiger partial charge in [0.15, 0.2) is 11.6 Å². The fourth-order valence-electron chi connectivity index (χ4n) is 7.98. The molecule has 66 heavy (non-hydrogen) atoms. The van der Waals surface area contributed by atoms with Gasteiger partial charge in [0.25, 0.3) is 0 Å². The maximum absolute atomic E-state index is 14.0. The second-order valence-electron chi connectivity index (χ2n) is 17.5. The normalized spacial score (nSPS) is 18.5. The molecule has 0 saturated carbocycles. The highest BCUT2D eigenvalue weighted by Crippen LogP contribution is 2.30. The quantitative estimate of drug-likeness (QED) is 0.00973. The number of aromatic nitrogens is 2. The number of aliphatic hydroxyl groups excluding tert-OH is 2. The third kappa shape index (κ3) is 12.9. The number of allylic oxidation sites excluding steroid dienone is 4. The zero-order chi connectivity index (χ0) is 47.4. The lowest BCUT2D eigenvalue weighted by atomic mass is 9.85. The highest BCUT2D eigenvalue weighted by molar-refractivity contribution is 7.13. The SMILES string of the molecule is C=C/C=C(\C=C\OC1CCN(C(=O)CCOCCC(=O)N[C@H](C(=O)N2C[C@H](O)C[C@H]2C(O)NCc2ccc(-c3scnc3C)cc2)C(C)(C)C)CC1)c1onc2ccc(/C(N)=N/NN)cc12. The van der Waals surface area contributed by atoms with Crippen LogP contribution in [0.5, 0.6) is 0 Å². The molecule has 6 rings (SSSR count). The first kappa shape index (κ1) is 49.5. The van der Waals surface area contributed by atoms with E-state index in [-0.39, 0.29) is 68.7 Å². The molecule has 0 bridgehead atoms. The summed E-state index contributed by atoms with van der Waals surface area (Å²) in [6, 6.07) is 11.7. The number of benzene rings is 2. The Hall–Kier alpha value is -5.96. The number of aryl methyl sites for hydroxylation is 1. The van der Waals surface area contributed by atoms with Crippen molar-refractivity contribution in [1.29, 1.82) is 0 Å². The lowest BCUT2D eigenvalue weighted by Gasteiger charge is -2.37. The van der Waals surface area contributed by atoms with Crippen LogP contribution in [0.25, 0.3) is 26.9 Å². The van der Waals surface area contributed by atoms with Gasteiger partial charge in [-0.05, 0) is 54.2 Å². The summed E-state index contributed by atoms with van der Waals surface area (Å²) in [4.78, 5) is 48.9. The predicted molar refractivity (Wildman–Crippen MR) is 253 cm³/mol. The van der Waals surface area contributed by atoms with E-state index >= 15 is 0 Å². The third-order valence-corrected chi connectivity index (χ3v) is 12.6. The Bertz CT molecular complexity index is 2380. The van der Waals surface area contributed by atoms with Crippen LogP contribution in [0.1, 0.15) is 75.5 Å². The number of carbonyl (C=O) groups is 3. The van der Waals surface area contributed by atoms with Crippen molar-refractivity contribution in [2.24, 2.45) is 22.1 Å². The number of carbonyl (C=O) groups excluding carboxylic acids is 3. The number of thiazole rings is 1. The van der Waals surface area contributed by atoms with Crippen molar-refractivity contribution in [2.45, 2.75) is 96.9 Å². The number of β-amino-alcohol motifs (C(OH)–C–C–N with tert-alkyl or cyclic N) is 1. The molecule has 3 amide bonds. The molecule has 2 aliphatic rings. The van der Waals surface area contributed by atoms with Gasteiger partial charge in [-0.3, -0.25) is 19.7 Å². The highest BCUT2D eigenvalue weighted by atomic mass is 32.1. The van der Waals surface area contributed by atoms with Gasteiger partial charge in [-0.15, -0.1) is 16.4 Å². The minimum atomic E-state index is -1.12. The van der Waals surface area contributed by atoms with E-state index in [2.05, 4.69) is 38.0 Å². The molecule has 2 saturated heterocycles. The van der Waals surface area contributed by atoms with Gasteiger partial charge >= 0.3 is 0 Å². The second-order valence-corrected chi connectivity index (χ2v) is 18.3. The van der Waals surface area contributed by atoms with E-state index in [1.807, 2.05) is 63.5 Å². The summed E-state index contributed by atoms with van der Waals surface area (Å²) in [6.45, 7) is 13.0. The Labute approximate surface area is 388 Å². The van der Waals surface area contributed by atoms with Gasteiger partial charge in [-0.2, -0.15) is 0 Å². The number of amidine groups is 1. The predicted octanol–water partition coefficient (Wildman–Crippen LogP) is 3.83. The van der Waals surface area contributed by atoms with Gasteiger partial charge in [0.1, 0.15) is 23.9 Å². The first-order chi connectivity index (χ1) is 31.7. The summed E-state index contributed by atoms with van der Waals surface area (Å²) in [7, 11) is 0. The zero-order valence-electron chi connectivity index (χ0n) is 37.9. The second kappa shape index (κ2) is 23.0. The topological polar surface area (TPSA) is 256 Å². The molecule has 0 radical (unpaired) electrons. The number of fused-ring (bicyclic) bond motifs is 1. The molecule has 0 aliphatic carbocycles. The molecule has 9 N–H and O–H groups in total. The fraction of sp³-hybridized carbons (Fsp3) is 0.447. The Morgan fingerprint density at radius 1 is 1.12 bits per heavy atom. The van der Waals surface area contributed by atoms with Gasteiger partial charge in [0, 0.05) is 56.6 Å². The van der Waals surface area contributed by atoms with Crippen molar-refractivity contribution in [1.82, 2.24) is 36.1 Å². The van der Waals surface area contributed by atoms with Gasteiger partial charge in [0.05, 0.1) is 59.5 Å². The van der Waals surface area contributed by atoms with Crippen LogP contribution in [0.4, 0.5) is 0 Å². The standard InChI is InChI=1S/C47H62N10O8S/c1-6-7-31(41-36-24-33(44(48)53-55-49)12-13-37(36)54-65-41)16-23-64-35-14-19-56(20-15-35)40(60)18-22-63-21-17-39(59)52-43(47(3,4)5)46(62)57-27-34(58)25-38(57)45(61)50-26-30-8-10-32(11-9-30)42-29(2)51-28-66-42/h6-13,16,23-24,28,34-35,38,43,45,50,55,58,61H,1,14-15,17-22,25-27,49H2,2-5H3,(H2,48,53)(H,52,59)/b23-16+,31-7+/t34-,38+,43-,45?/m1/s1. The van der Waals surface area contributed by atoms with Crippen molar-refractivity contribution in [3.05, 3.63) is 102 Å². The van der Waals surface area contributed by atoms with Crippen LogP contribution in [0.2, 0.25) is 0 Å². The molecular weight excluding hydrogens is 865 g/mol. The number of hydrazine groups is 1. The minimum Gasteiger partial charge on any atom is -0.498 e. The largest absolute Gasteiger partial charge is 0.498 e. The van der Waals surface area contributed by atoms with Crippen LogP contribution in [0.3, 0.4) is 0 Å². The summed E-state index contributed by atoms with van der Waals surface area (Å²) in [5, 5.41) is 36.5. The van der Waals surface area contributed by atoms with Gasteiger partial charge in [0.2, 0.25) is 17.7 Å². The number of piperidine rings is 1. The number of nitrogens with zero attached hydrogens (tertiary/aromatic N) is 5. The third-order valence-electron chi connectivity index (χ3n) is 11.6. The van der Waals surface area contributed by atoms with E-state index in [0.717, 1.165) is 27.1 Å². The molecule has 18 nitrogen and oxygen atoms in total. The van der Waals surface area contributed by atoms with Gasteiger partial charge < -0.3 is 45.1 Å². The Morgan fingerprint density at radius 2 is 1.86 bits per heavy atom. The number of aliphatic hydroxyl groups is 2. The van der Waals surface area contributed by atoms with Crippen LogP contribution in [0, 0.1) is 12.3 Å². The fourth-order valence-corrected chi connectivity index (χ4v) is 8.79. The zero-order valence-corrected chi connectivity index (χ0v) is 38.8.